The van der Waals surface area contributed by atoms with Gasteiger partial charge in [0.2, 0.25) is 0 Å². The highest BCUT2D eigenvalue weighted by molar-refractivity contribution is 7.17. The summed E-state index contributed by atoms with van der Waals surface area (Å²) in [6, 6.07) is 0. The number of halogens is 3. The van der Waals surface area contributed by atoms with Crippen molar-refractivity contribution in [2.45, 2.75) is 13.1 Å². The summed E-state index contributed by atoms with van der Waals surface area (Å²) in [6.45, 7) is 1.32. The van der Waals surface area contributed by atoms with Crippen molar-refractivity contribution in [2.24, 2.45) is 0 Å². The van der Waals surface area contributed by atoms with E-state index in [1.807, 2.05) is 0 Å². The van der Waals surface area contributed by atoms with Gasteiger partial charge >= 0.3 is 6.18 Å². The maximum Gasteiger partial charge on any atom is 0.427 e. The molecular formula is C8H5F3N2OS. The van der Waals surface area contributed by atoms with Gasteiger partial charge in [-0.1, -0.05) is 11.3 Å². The molecule has 0 bridgehead atoms. The van der Waals surface area contributed by atoms with E-state index in [2.05, 4.69) is 4.98 Å². The van der Waals surface area contributed by atoms with Crippen molar-refractivity contribution in [3.05, 3.63) is 23.0 Å². The Morgan fingerprint density at radius 2 is 2.13 bits per heavy atom. The second-order valence-electron chi connectivity index (χ2n) is 2.97. The lowest BCUT2D eigenvalue weighted by molar-refractivity contribution is -0.134. The number of alkyl halides is 3. The molecule has 0 saturated heterocycles. The normalized spacial score (nSPS) is 12.3. The van der Waals surface area contributed by atoms with Gasteiger partial charge in [-0.05, 0) is 0 Å². The second kappa shape index (κ2) is 3.06. The van der Waals surface area contributed by atoms with Crippen LogP contribution >= 0.6 is 11.3 Å². The van der Waals surface area contributed by atoms with E-state index in [-0.39, 0.29) is 16.4 Å². The average Bonchev–Trinajstić information content (AvgIpc) is 2.55. The molecule has 15 heavy (non-hydrogen) atoms. The SMILES string of the molecule is CC(=O)c1cn2cc(C(F)(F)F)sc2n1. The molecule has 2 aromatic heterocycles. The Morgan fingerprint density at radius 3 is 2.60 bits per heavy atom. The number of carbonyl (C=O) groups excluding carboxylic acids is 1. The molecule has 0 radical (unpaired) electrons. The summed E-state index contributed by atoms with van der Waals surface area (Å²) in [5, 5.41) is 0. The zero-order valence-electron chi connectivity index (χ0n) is 7.50. The number of imidazole rings is 1. The maximum atomic E-state index is 12.3. The molecule has 0 aliphatic rings. The van der Waals surface area contributed by atoms with Crippen LogP contribution < -0.4 is 0 Å². The molecular weight excluding hydrogens is 229 g/mol. The van der Waals surface area contributed by atoms with Crippen molar-refractivity contribution in [3.8, 4) is 0 Å². The van der Waals surface area contributed by atoms with E-state index in [4.69, 9.17) is 0 Å². The van der Waals surface area contributed by atoms with Gasteiger partial charge in [0.1, 0.15) is 10.6 Å². The third-order valence-corrected chi connectivity index (χ3v) is 2.84. The minimum Gasteiger partial charge on any atom is -0.296 e. The third-order valence-electron chi connectivity index (χ3n) is 1.80. The Kier molecular flexibility index (Phi) is 2.07. The van der Waals surface area contributed by atoms with Gasteiger partial charge in [0.25, 0.3) is 0 Å². The van der Waals surface area contributed by atoms with Crippen LogP contribution in [0.2, 0.25) is 0 Å². The van der Waals surface area contributed by atoms with Gasteiger partial charge in [-0.3, -0.25) is 9.20 Å². The van der Waals surface area contributed by atoms with Crippen LogP contribution in [-0.2, 0) is 6.18 Å². The molecule has 0 aliphatic carbocycles. The van der Waals surface area contributed by atoms with E-state index < -0.39 is 11.1 Å². The van der Waals surface area contributed by atoms with Crippen LogP contribution in [0.4, 0.5) is 13.2 Å². The minimum absolute atomic E-state index is 0.174. The van der Waals surface area contributed by atoms with Crippen LogP contribution in [0, 0.1) is 0 Å². The summed E-state index contributed by atoms with van der Waals surface area (Å²) in [4.78, 5) is 14.1. The fourth-order valence-electron chi connectivity index (χ4n) is 1.10. The average molecular weight is 234 g/mol. The number of carbonyl (C=O) groups is 1. The van der Waals surface area contributed by atoms with Gasteiger partial charge in [0.05, 0.1) is 0 Å². The highest BCUT2D eigenvalue weighted by Gasteiger charge is 2.33. The Morgan fingerprint density at radius 1 is 1.47 bits per heavy atom. The molecule has 0 fully saturated rings. The molecule has 0 atom stereocenters. The van der Waals surface area contributed by atoms with E-state index >= 15 is 0 Å². The quantitative estimate of drug-likeness (QED) is 0.711. The first kappa shape index (κ1) is 10.2. The lowest BCUT2D eigenvalue weighted by Gasteiger charge is -1.99. The zero-order valence-corrected chi connectivity index (χ0v) is 8.32. The lowest BCUT2D eigenvalue weighted by Crippen LogP contribution is -2.01. The van der Waals surface area contributed by atoms with Crippen LogP contribution in [0.3, 0.4) is 0 Å². The number of nitrogens with zero attached hydrogens (tertiary/aromatic N) is 2. The summed E-state index contributed by atoms with van der Waals surface area (Å²) < 4.78 is 38.0. The Labute approximate surface area is 86.2 Å². The van der Waals surface area contributed by atoms with E-state index in [1.165, 1.54) is 17.5 Å². The molecule has 7 heteroatoms. The van der Waals surface area contributed by atoms with Crippen molar-refractivity contribution in [1.29, 1.82) is 0 Å². The Balaban J connectivity index is 2.52. The van der Waals surface area contributed by atoms with Gasteiger partial charge in [0.15, 0.2) is 10.7 Å². The van der Waals surface area contributed by atoms with E-state index in [9.17, 15) is 18.0 Å². The molecule has 3 nitrogen and oxygen atoms in total. The molecule has 0 N–H and O–H groups in total. The summed E-state index contributed by atoms with van der Waals surface area (Å²) in [5.41, 5.74) is 0.176. The van der Waals surface area contributed by atoms with Crippen LogP contribution in [-0.4, -0.2) is 15.2 Å². The van der Waals surface area contributed by atoms with Crippen molar-refractivity contribution in [3.63, 3.8) is 0 Å². The number of rotatable bonds is 1. The summed E-state index contributed by atoms with van der Waals surface area (Å²) in [7, 11) is 0. The summed E-state index contributed by atoms with van der Waals surface area (Å²) in [6.07, 6.45) is -2.13. The number of hydrogen-bond donors (Lipinski definition) is 0. The molecule has 0 aliphatic heterocycles. The molecule has 0 aromatic carbocycles. The highest BCUT2D eigenvalue weighted by atomic mass is 32.1. The Hall–Kier alpha value is -1.37. The first-order chi connectivity index (χ1) is 6.88. The largest absolute Gasteiger partial charge is 0.427 e. The first-order valence-corrected chi connectivity index (χ1v) is 4.76. The summed E-state index contributed by atoms with van der Waals surface area (Å²) in [5.74, 6) is -0.264. The topological polar surface area (TPSA) is 34.4 Å². The molecule has 0 spiro atoms. The smallest absolute Gasteiger partial charge is 0.296 e. The number of Topliss-reactive ketones (excluding diaryl/α,β-unsaturated/α-hetero) is 1. The maximum absolute atomic E-state index is 12.3. The summed E-state index contributed by atoms with van der Waals surface area (Å²) >= 11 is 0.517. The first-order valence-electron chi connectivity index (χ1n) is 3.94. The van der Waals surface area contributed by atoms with Crippen LogP contribution in [0.15, 0.2) is 12.4 Å². The van der Waals surface area contributed by atoms with Gasteiger partial charge in [-0.15, -0.1) is 0 Å². The fourth-order valence-corrected chi connectivity index (χ4v) is 1.93. The van der Waals surface area contributed by atoms with Crippen LogP contribution in [0.25, 0.3) is 4.96 Å². The van der Waals surface area contributed by atoms with E-state index in [0.717, 1.165) is 6.20 Å². The molecule has 2 heterocycles. The molecule has 0 saturated carbocycles. The monoisotopic (exact) mass is 234 g/mol. The third kappa shape index (κ3) is 1.74. The van der Waals surface area contributed by atoms with Crippen molar-refractivity contribution < 1.29 is 18.0 Å². The van der Waals surface area contributed by atoms with Gasteiger partial charge in [-0.25, -0.2) is 4.98 Å². The lowest BCUT2D eigenvalue weighted by atomic mass is 10.3. The van der Waals surface area contributed by atoms with E-state index in [1.54, 1.807) is 0 Å². The standard InChI is InChI=1S/C8H5F3N2OS/c1-4(14)5-2-13-3-6(8(9,10)11)15-7(13)12-5/h2-3H,1H3. The predicted molar refractivity (Wildman–Crippen MR) is 48.1 cm³/mol. The molecule has 0 unspecified atom stereocenters. The van der Waals surface area contributed by atoms with Crippen LogP contribution in [0.1, 0.15) is 22.3 Å². The van der Waals surface area contributed by atoms with Gasteiger partial charge < -0.3 is 0 Å². The van der Waals surface area contributed by atoms with Gasteiger partial charge in [0, 0.05) is 19.3 Å². The van der Waals surface area contributed by atoms with Crippen molar-refractivity contribution in [2.75, 3.05) is 0 Å². The minimum atomic E-state index is -4.36. The molecule has 2 rings (SSSR count). The molecule has 0 amide bonds. The molecule has 80 valence electrons. The van der Waals surface area contributed by atoms with Gasteiger partial charge in [-0.2, -0.15) is 13.2 Å². The number of aromatic nitrogens is 2. The van der Waals surface area contributed by atoms with Crippen molar-refractivity contribution >= 4 is 22.1 Å². The number of thiazole rings is 1. The van der Waals surface area contributed by atoms with Crippen molar-refractivity contribution in [1.82, 2.24) is 9.38 Å². The predicted octanol–water partition coefficient (Wildman–Crippen LogP) is 2.62. The number of hydrogen-bond acceptors (Lipinski definition) is 3. The molecule has 2 aromatic rings. The van der Waals surface area contributed by atoms with E-state index in [0.29, 0.717) is 11.3 Å². The highest BCUT2D eigenvalue weighted by Crippen LogP contribution is 2.34. The fraction of sp³-hybridized carbons (Fsp3) is 0.250. The second-order valence-corrected chi connectivity index (χ2v) is 3.97. The van der Waals surface area contributed by atoms with Crippen LogP contribution in [0.5, 0.6) is 0 Å². The number of ketones is 1. The number of fused-ring (bicyclic) bond motifs is 1. The zero-order chi connectivity index (χ0) is 11.2. The Bertz CT molecular complexity index is 494.